The number of nitrogens with zero attached hydrogens (tertiary/aromatic N) is 2. The van der Waals surface area contributed by atoms with E-state index in [0.717, 1.165) is 36.1 Å². The van der Waals surface area contributed by atoms with Gasteiger partial charge >= 0.3 is 0 Å². The normalized spacial score (nSPS) is 15.5. The minimum atomic E-state index is -0.0836. The molecule has 0 fully saturated rings. The molecule has 3 aromatic rings. The molecular formula is C20H22ClN5O. The first-order valence-corrected chi connectivity index (χ1v) is 8.85. The Balaban J connectivity index is 0.00000210. The lowest BCUT2D eigenvalue weighted by atomic mass is 9.82. The van der Waals surface area contributed by atoms with Gasteiger partial charge in [-0.15, -0.1) is 12.4 Å². The largest absolute Gasteiger partial charge is 0.326 e. The van der Waals surface area contributed by atoms with Crippen molar-refractivity contribution in [1.29, 1.82) is 0 Å². The van der Waals surface area contributed by atoms with Crippen LogP contribution in [0.1, 0.15) is 35.7 Å². The molecule has 1 aliphatic rings. The first-order chi connectivity index (χ1) is 12.7. The lowest BCUT2D eigenvalue weighted by molar-refractivity contribution is -0.117. The minimum absolute atomic E-state index is 0. The molecule has 1 heterocycles. The highest BCUT2D eigenvalue weighted by Crippen LogP contribution is 2.32. The molecule has 6 nitrogen and oxygen atoms in total. The molecule has 1 unspecified atom stereocenters. The van der Waals surface area contributed by atoms with Crippen LogP contribution in [0.2, 0.25) is 0 Å². The molecule has 2 aromatic carbocycles. The molecule has 1 aromatic heterocycles. The van der Waals surface area contributed by atoms with Crippen molar-refractivity contribution < 1.29 is 4.79 Å². The van der Waals surface area contributed by atoms with Crippen LogP contribution in [0.15, 0.2) is 48.5 Å². The molecule has 0 spiro atoms. The van der Waals surface area contributed by atoms with Crippen molar-refractivity contribution in [2.24, 2.45) is 5.73 Å². The summed E-state index contributed by atoms with van der Waals surface area (Å²) in [6.07, 6.45) is 2.98. The molecule has 4 rings (SSSR count). The maximum Gasteiger partial charge on any atom is 0.231 e. The van der Waals surface area contributed by atoms with Gasteiger partial charge in [0.2, 0.25) is 5.91 Å². The number of H-pyrrole nitrogens is 1. The van der Waals surface area contributed by atoms with E-state index < -0.39 is 0 Å². The summed E-state index contributed by atoms with van der Waals surface area (Å²) in [6, 6.07) is 15.8. The van der Waals surface area contributed by atoms with Gasteiger partial charge in [-0.2, -0.15) is 5.10 Å². The van der Waals surface area contributed by atoms with E-state index in [-0.39, 0.29) is 24.2 Å². The lowest BCUT2D eigenvalue weighted by Crippen LogP contribution is -2.24. The third-order valence-corrected chi connectivity index (χ3v) is 4.82. The van der Waals surface area contributed by atoms with Crippen LogP contribution >= 0.6 is 12.4 Å². The molecule has 27 heavy (non-hydrogen) atoms. The van der Waals surface area contributed by atoms with Gasteiger partial charge in [0.15, 0.2) is 5.82 Å². The smallest absolute Gasteiger partial charge is 0.231 e. The highest BCUT2D eigenvalue weighted by atomic mass is 35.5. The fourth-order valence-corrected chi connectivity index (χ4v) is 3.47. The number of carbonyl (C=O) groups is 1. The second-order valence-electron chi connectivity index (χ2n) is 6.52. The standard InChI is InChI=1S/C20H21N5O.ClH/c21-12-18-23-19(25-24-18)14-8-10-15(11-9-14)22-20(26)17-7-3-5-13-4-1-2-6-16(13)17;/h1-2,4,6,8-11,17H,3,5,7,12,21H2,(H,22,26)(H,23,24,25);1H. The lowest BCUT2D eigenvalue weighted by Gasteiger charge is -2.24. The van der Waals surface area contributed by atoms with Crippen molar-refractivity contribution in [2.45, 2.75) is 31.7 Å². The van der Waals surface area contributed by atoms with E-state index in [1.54, 1.807) is 0 Å². The Morgan fingerprint density at radius 1 is 1.19 bits per heavy atom. The summed E-state index contributed by atoms with van der Waals surface area (Å²) in [7, 11) is 0. The van der Waals surface area contributed by atoms with Crippen molar-refractivity contribution in [3.63, 3.8) is 0 Å². The Bertz CT molecular complexity index is 922. The number of carbonyl (C=O) groups excluding carboxylic acids is 1. The van der Waals surface area contributed by atoms with Gasteiger partial charge in [-0.1, -0.05) is 24.3 Å². The van der Waals surface area contributed by atoms with Gasteiger partial charge in [-0.05, 0) is 54.7 Å². The SMILES string of the molecule is Cl.NCc1nc(-c2ccc(NC(=O)C3CCCc4ccccc43)cc2)n[nH]1. The molecule has 7 heteroatoms. The monoisotopic (exact) mass is 383 g/mol. The van der Waals surface area contributed by atoms with Gasteiger partial charge in [-0.3, -0.25) is 9.89 Å². The predicted molar refractivity (Wildman–Crippen MR) is 108 cm³/mol. The van der Waals surface area contributed by atoms with Gasteiger partial charge in [0, 0.05) is 11.3 Å². The third kappa shape index (κ3) is 4.02. The van der Waals surface area contributed by atoms with Gasteiger partial charge in [-0.25, -0.2) is 4.98 Å². The summed E-state index contributed by atoms with van der Waals surface area (Å²) < 4.78 is 0. The number of fused-ring (bicyclic) bond motifs is 1. The number of nitrogens with two attached hydrogens (primary N) is 1. The van der Waals surface area contributed by atoms with E-state index in [1.165, 1.54) is 5.56 Å². The molecule has 4 N–H and O–H groups in total. The van der Waals surface area contributed by atoms with Crippen molar-refractivity contribution >= 4 is 24.0 Å². The molecule has 140 valence electrons. The molecule has 0 radical (unpaired) electrons. The molecule has 0 saturated heterocycles. The van der Waals surface area contributed by atoms with Gasteiger partial charge in [0.25, 0.3) is 0 Å². The summed E-state index contributed by atoms with van der Waals surface area (Å²) in [5, 5.41) is 9.98. The highest BCUT2D eigenvalue weighted by Gasteiger charge is 2.26. The average Bonchev–Trinajstić information content (AvgIpc) is 3.17. The number of nitrogens with one attached hydrogen (secondary N) is 2. The summed E-state index contributed by atoms with van der Waals surface area (Å²) >= 11 is 0. The third-order valence-electron chi connectivity index (χ3n) is 4.82. The molecule has 0 aliphatic heterocycles. The zero-order valence-electron chi connectivity index (χ0n) is 14.8. The maximum absolute atomic E-state index is 12.8. The Kier molecular flexibility index (Phi) is 5.88. The number of benzene rings is 2. The van der Waals surface area contributed by atoms with Gasteiger partial charge in [0.05, 0.1) is 12.5 Å². The number of halogens is 1. The number of rotatable bonds is 4. The number of hydrogen-bond donors (Lipinski definition) is 3. The van der Waals surface area contributed by atoms with Crippen LogP contribution in [0.25, 0.3) is 11.4 Å². The van der Waals surface area contributed by atoms with Crippen molar-refractivity contribution in [3.8, 4) is 11.4 Å². The molecule has 1 aliphatic carbocycles. The average molecular weight is 384 g/mol. The molecular weight excluding hydrogens is 362 g/mol. The van der Waals surface area contributed by atoms with Crippen LogP contribution in [0.4, 0.5) is 5.69 Å². The van der Waals surface area contributed by atoms with E-state index in [1.807, 2.05) is 36.4 Å². The molecule has 0 saturated carbocycles. The molecule has 1 amide bonds. The van der Waals surface area contributed by atoms with Crippen LogP contribution in [0.5, 0.6) is 0 Å². The number of amides is 1. The molecule has 0 bridgehead atoms. The number of aromatic amines is 1. The first-order valence-electron chi connectivity index (χ1n) is 8.85. The number of hydrogen-bond acceptors (Lipinski definition) is 4. The Hall–Kier alpha value is -2.70. The fourth-order valence-electron chi connectivity index (χ4n) is 3.47. The Morgan fingerprint density at radius 3 is 2.70 bits per heavy atom. The first kappa shape index (κ1) is 19.1. The predicted octanol–water partition coefficient (Wildman–Crippen LogP) is 3.41. The van der Waals surface area contributed by atoms with E-state index >= 15 is 0 Å². The Morgan fingerprint density at radius 2 is 1.96 bits per heavy atom. The minimum Gasteiger partial charge on any atom is -0.326 e. The van der Waals surface area contributed by atoms with E-state index in [4.69, 9.17) is 5.73 Å². The van der Waals surface area contributed by atoms with Gasteiger partial charge < -0.3 is 11.1 Å². The van der Waals surface area contributed by atoms with E-state index in [9.17, 15) is 4.79 Å². The summed E-state index contributed by atoms with van der Waals surface area (Å²) in [5.74, 6) is 1.21. The van der Waals surface area contributed by atoms with Crippen LogP contribution < -0.4 is 11.1 Å². The second kappa shape index (κ2) is 8.33. The summed E-state index contributed by atoms with van der Waals surface area (Å²) in [5.41, 5.74) is 9.64. The van der Waals surface area contributed by atoms with Crippen LogP contribution in [-0.2, 0) is 17.8 Å². The maximum atomic E-state index is 12.8. The summed E-state index contributed by atoms with van der Waals surface area (Å²) in [6.45, 7) is 0.323. The van der Waals surface area contributed by atoms with Gasteiger partial charge in [0.1, 0.15) is 5.82 Å². The molecule has 1 atom stereocenters. The van der Waals surface area contributed by atoms with Crippen LogP contribution in [0.3, 0.4) is 0 Å². The number of anilines is 1. The fraction of sp³-hybridized carbons (Fsp3) is 0.250. The zero-order valence-corrected chi connectivity index (χ0v) is 15.6. The van der Waals surface area contributed by atoms with Crippen LogP contribution in [0, 0.1) is 0 Å². The number of aryl methyl sites for hydroxylation is 1. The van der Waals surface area contributed by atoms with Crippen molar-refractivity contribution in [2.75, 3.05) is 5.32 Å². The quantitative estimate of drug-likeness (QED) is 0.643. The van der Waals surface area contributed by atoms with Crippen molar-refractivity contribution in [1.82, 2.24) is 15.2 Å². The van der Waals surface area contributed by atoms with E-state index in [0.29, 0.717) is 18.2 Å². The summed E-state index contributed by atoms with van der Waals surface area (Å²) in [4.78, 5) is 17.1. The second-order valence-corrected chi connectivity index (χ2v) is 6.52. The van der Waals surface area contributed by atoms with Crippen LogP contribution in [-0.4, -0.2) is 21.1 Å². The zero-order chi connectivity index (χ0) is 17.9. The van der Waals surface area contributed by atoms with Crippen molar-refractivity contribution in [3.05, 3.63) is 65.5 Å². The Labute approximate surface area is 164 Å². The number of aromatic nitrogens is 3. The topological polar surface area (TPSA) is 96.7 Å². The highest BCUT2D eigenvalue weighted by molar-refractivity contribution is 5.96. The van der Waals surface area contributed by atoms with E-state index in [2.05, 4.69) is 32.6 Å².